The Hall–Kier alpha value is -1.53. The van der Waals surface area contributed by atoms with E-state index in [1.165, 1.54) is 7.11 Å². The van der Waals surface area contributed by atoms with Gasteiger partial charge in [0.05, 0.1) is 26.0 Å². The third kappa shape index (κ3) is 1.69. The predicted molar refractivity (Wildman–Crippen MR) is 59.9 cm³/mol. The molecule has 1 atom stereocenters. The van der Waals surface area contributed by atoms with Crippen LogP contribution in [0.15, 0.2) is 6.20 Å². The van der Waals surface area contributed by atoms with Crippen molar-refractivity contribution in [3.05, 3.63) is 23.3 Å². The zero-order valence-corrected chi connectivity index (χ0v) is 10.1. The van der Waals surface area contributed by atoms with Gasteiger partial charge in [-0.1, -0.05) is 0 Å². The summed E-state index contributed by atoms with van der Waals surface area (Å²) in [4.78, 5) is 19.8. The molecule has 1 fully saturated rings. The Labute approximate surface area is 104 Å². The molecule has 6 nitrogen and oxygen atoms in total. The summed E-state index contributed by atoms with van der Waals surface area (Å²) in [5.41, 5.74) is 1.20. The largest absolute Gasteiger partial charge is 0.463 e. The Morgan fingerprint density at radius 1 is 1.56 bits per heavy atom. The normalized spacial score (nSPS) is 26.1. The van der Waals surface area contributed by atoms with Gasteiger partial charge in [0.2, 0.25) is 5.82 Å². The summed E-state index contributed by atoms with van der Waals surface area (Å²) in [7, 11) is 1.31. The van der Waals surface area contributed by atoms with Crippen molar-refractivity contribution in [3.63, 3.8) is 0 Å². The van der Waals surface area contributed by atoms with Crippen LogP contribution in [0.2, 0.25) is 0 Å². The van der Waals surface area contributed by atoms with Crippen LogP contribution in [-0.4, -0.2) is 36.3 Å². The Morgan fingerprint density at radius 2 is 2.44 bits per heavy atom. The molecule has 2 aliphatic heterocycles. The third-order valence-electron chi connectivity index (χ3n) is 3.37. The molecular formula is C12H14N2O4. The van der Waals surface area contributed by atoms with Crippen LogP contribution in [0.3, 0.4) is 0 Å². The van der Waals surface area contributed by atoms with Crippen molar-refractivity contribution in [1.82, 2.24) is 9.97 Å². The number of carbonyl (C=O) groups excluding carboxylic acids is 1. The molecule has 96 valence electrons. The highest BCUT2D eigenvalue weighted by molar-refractivity contribution is 5.85. The van der Waals surface area contributed by atoms with E-state index >= 15 is 0 Å². The maximum absolute atomic E-state index is 11.5. The van der Waals surface area contributed by atoms with Gasteiger partial charge in [-0.05, 0) is 12.8 Å². The van der Waals surface area contributed by atoms with Gasteiger partial charge in [-0.25, -0.2) is 14.8 Å². The molecule has 0 N–H and O–H groups in total. The van der Waals surface area contributed by atoms with Crippen molar-refractivity contribution in [2.24, 2.45) is 0 Å². The standard InChI is InChI=1S/C12H14N2O4/c1-16-11(15)10-13-5-8-6-18-12(9(8)14-10)3-2-4-17-7-12/h5H,2-4,6-7H2,1H3. The molecule has 1 spiro atoms. The first-order valence-electron chi connectivity index (χ1n) is 5.92. The smallest absolute Gasteiger partial charge is 0.376 e. The average Bonchev–Trinajstić information content (AvgIpc) is 2.77. The fourth-order valence-corrected chi connectivity index (χ4v) is 2.45. The molecule has 1 unspecified atom stereocenters. The van der Waals surface area contributed by atoms with E-state index in [0.29, 0.717) is 13.2 Å². The molecule has 0 aliphatic carbocycles. The minimum atomic E-state index is -0.531. The molecule has 3 rings (SSSR count). The van der Waals surface area contributed by atoms with Crippen LogP contribution in [0.25, 0.3) is 0 Å². The first-order chi connectivity index (χ1) is 8.75. The summed E-state index contributed by atoms with van der Waals surface area (Å²) in [5.74, 6) is -0.455. The first kappa shape index (κ1) is 11.6. The Kier molecular flexibility index (Phi) is 2.76. The number of aromatic nitrogens is 2. The molecule has 1 aromatic heterocycles. The summed E-state index contributed by atoms with van der Waals surface area (Å²) >= 11 is 0. The van der Waals surface area contributed by atoms with Gasteiger partial charge in [0.1, 0.15) is 5.60 Å². The second kappa shape index (κ2) is 4.29. The highest BCUT2D eigenvalue weighted by Crippen LogP contribution is 2.40. The monoisotopic (exact) mass is 250 g/mol. The van der Waals surface area contributed by atoms with Crippen LogP contribution in [-0.2, 0) is 26.4 Å². The lowest BCUT2D eigenvalue weighted by molar-refractivity contribution is -0.127. The number of esters is 1. The van der Waals surface area contributed by atoms with Gasteiger partial charge in [0.25, 0.3) is 0 Å². The Morgan fingerprint density at radius 3 is 3.17 bits per heavy atom. The lowest BCUT2D eigenvalue weighted by Crippen LogP contribution is -2.36. The number of rotatable bonds is 1. The minimum absolute atomic E-state index is 0.0756. The molecule has 0 amide bonds. The van der Waals surface area contributed by atoms with Gasteiger partial charge >= 0.3 is 5.97 Å². The molecule has 0 bridgehead atoms. The van der Waals surface area contributed by atoms with Crippen LogP contribution in [0.1, 0.15) is 34.7 Å². The molecule has 1 saturated heterocycles. The van der Waals surface area contributed by atoms with E-state index in [2.05, 4.69) is 14.7 Å². The fourth-order valence-electron chi connectivity index (χ4n) is 2.45. The highest BCUT2D eigenvalue weighted by Gasteiger charge is 2.44. The van der Waals surface area contributed by atoms with Gasteiger partial charge < -0.3 is 14.2 Å². The lowest BCUT2D eigenvalue weighted by Gasteiger charge is -2.32. The van der Waals surface area contributed by atoms with Crippen molar-refractivity contribution in [3.8, 4) is 0 Å². The molecule has 18 heavy (non-hydrogen) atoms. The van der Waals surface area contributed by atoms with Crippen molar-refractivity contribution < 1.29 is 19.0 Å². The topological polar surface area (TPSA) is 70.5 Å². The van der Waals surface area contributed by atoms with Gasteiger partial charge in [0, 0.05) is 18.4 Å². The molecule has 0 aromatic carbocycles. The number of fused-ring (bicyclic) bond motifs is 2. The van der Waals surface area contributed by atoms with E-state index in [-0.39, 0.29) is 5.82 Å². The van der Waals surface area contributed by atoms with Crippen molar-refractivity contribution >= 4 is 5.97 Å². The average molecular weight is 250 g/mol. The number of ether oxygens (including phenoxy) is 3. The molecule has 6 heteroatoms. The predicted octanol–water partition coefficient (Wildman–Crippen LogP) is 0.799. The van der Waals surface area contributed by atoms with Gasteiger partial charge in [0.15, 0.2) is 0 Å². The molecule has 2 aliphatic rings. The van der Waals surface area contributed by atoms with Crippen LogP contribution in [0, 0.1) is 0 Å². The lowest BCUT2D eigenvalue weighted by atomic mass is 9.92. The minimum Gasteiger partial charge on any atom is -0.463 e. The van der Waals surface area contributed by atoms with Gasteiger partial charge in [-0.2, -0.15) is 0 Å². The van der Waals surface area contributed by atoms with Gasteiger partial charge in [-0.3, -0.25) is 0 Å². The molecule has 3 heterocycles. The maximum Gasteiger partial charge on any atom is 0.376 e. The Balaban J connectivity index is 2.00. The zero-order valence-electron chi connectivity index (χ0n) is 10.1. The van der Waals surface area contributed by atoms with Crippen molar-refractivity contribution in [2.75, 3.05) is 20.3 Å². The molecular weight excluding hydrogens is 236 g/mol. The van der Waals surface area contributed by atoms with Crippen LogP contribution in [0.5, 0.6) is 0 Å². The second-order valence-corrected chi connectivity index (χ2v) is 4.50. The van der Waals surface area contributed by atoms with E-state index < -0.39 is 11.6 Å². The van der Waals surface area contributed by atoms with Gasteiger partial charge in [-0.15, -0.1) is 0 Å². The summed E-state index contributed by atoms with van der Waals surface area (Å²) < 4.78 is 16.0. The maximum atomic E-state index is 11.5. The van der Waals surface area contributed by atoms with E-state index in [1.54, 1.807) is 6.20 Å². The summed E-state index contributed by atoms with van der Waals surface area (Å²) in [6.07, 6.45) is 3.42. The quantitative estimate of drug-likeness (QED) is 0.686. The summed E-state index contributed by atoms with van der Waals surface area (Å²) in [6.45, 7) is 1.70. The van der Waals surface area contributed by atoms with E-state index in [0.717, 1.165) is 30.7 Å². The number of hydrogen-bond acceptors (Lipinski definition) is 6. The number of carbonyl (C=O) groups is 1. The number of nitrogens with zero attached hydrogens (tertiary/aromatic N) is 2. The molecule has 1 aromatic rings. The highest BCUT2D eigenvalue weighted by atomic mass is 16.5. The van der Waals surface area contributed by atoms with Crippen LogP contribution >= 0.6 is 0 Å². The van der Waals surface area contributed by atoms with E-state index in [9.17, 15) is 4.79 Å². The second-order valence-electron chi connectivity index (χ2n) is 4.50. The zero-order chi connectivity index (χ0) is 12.6. The molecule has 0 saturated carbocycles. The van der Waals surface area contributed by atoms with E-state index in [1.807, 2.05) is 0 Å². The van der Waals surface area contributed by atoms with Crippen LogP contribution < -0.4 is 0 Å². The van der Waals surface area contributed by atoms with E-state index in [4.69, 9.17) is 9.47 Å². The molecule has 0 radical (unpaired) electrons. The van der Waals surface area contributed by atoms with Crippen molar-refractivity contribution in [1.29, 1.82) is 0 Å². The third-order valence-corrected chi connectivity index (χ3v) is 3.37. The summed E-state index contributed by atoms with van der Waals surface area (Å²) in [6, 6.07) is 0. The van der Waals surface area contributed by atoms with Crippen molar-refractivity contribution in [2.45, 2.75) is 25.0 Å². The number of hydrogen-bond donors (Lipinski definition) is 0. The van der Waals surface area contributed by atoms with Crippen LogP contribution in [0.4, 0.5) is 0 Å². The fraction of sp³-hybridized carbons (Fsp3) is 0.583. The first-order valence-corrected chi connectivity index (χ1v) is 5.92. The number of methoxy groups -OCH3 is 1. The Bertz CT molecular complexity index is 477. The summed E-state index contributed by atoms with van der Waals surface area (Å²) in [5, 5.41) is 0. The SMILES string of the molecule is COC(=O)c1ncc2c(n1)C1(CCCOC1)OC2.